The van der Waals surface area contributed by atoms with Crippen LogP contribution in [0.2, 0.25) is 5.02 Å². The van der Waals surface area contributed by atoms with Gasteiger partial charge in [-0.2, -0.15) is 11.8 Å². The summed E-state index contributed by atoms with van der Waals surface area (Å²) >= 11 is 7.86. The van der Waals surface area contributed by atoms with E-state index in [4.69, 9.17) is 22.1 Å². The summed E-state index contributed by atoms with van der Waals surface area (Å²) < 4.78 is 5.18. The number of thioether (sulfide) groups is 1. The fourth-order valence-corrected chi connectivity index (χ4v) is 2.68. The van der Waals surface area contributed by atoms with E-state index in [1.54, 1.807) is 7.11 Å². The normalized spacial score (nSPS) is 12.8. The fourth-order valence-electron chi connectivity index (χ4n) is 1.43. The van der Waals surface area contributed by atoms with Crippen LogP contribution >= 0.6 is 23.4 Å². The van der Waals surface area contributed by atoms with E-state index >= 15 is 0 Å². The Hall–Kier alpha value is -0.380. The summed E-state index contributed by atoms with van der Waals surface area (Å²) in [7, 11) is 1.62. The molecular weight excluding hydrogens is 254 g/mol. The summed E-state index contributed by atoms with van der Waals surface area (Å²) in [6, 6.07) is 5.75. The number of ether oxygens (including phenoxy) is 1. The van der Waals surface area contributed by atoms with Gasteiger partial charge in [0.1, 0.15) is 5.75 Å². The molecule has 1 rings (SSSR count). The average molecular weight is 274 g/mol. The molecule has 0 aliphatic carbocycles. The van der Waals surface area contributed by atoms with Crippen molar-refractivity contribution >= 4 is 23.4 Å². The Kier molecular flexibility index (Phi) is 6.17. The fraction of sp³-hybridized carbons (Fsp3) is 0.538. The molecule has 0 saturated carbocycles. The molecule has 1 aromatic rings. The lowest BCUT2D eigenvalue weighted by Gasteiger charge is -2.14. The van der Waals surface area contributed by atoms with Gasteiger partial charge in [-0.15, -0.1) is 0 Å². The van der Waals surface area contributed by atoms with Crippen molar-refractivity contribution in [2.75, 3.05) is 18.6 Å². The molecular formula is C13H20ClNOS. The maximum absolute atomic E-state index is 6.14. The van der Waals surface area contributed by atoms with Gasteiger partial charge in [0.25, 0.3) is 0 Å². The van der Waals surface area contributed by atoms with Gasteiger partial charge in [-0.1, -0.05) is 31.5 Å². The number of nitrogens with two attached hydrogens (primary N) is 1. The molecule has 0 bridgehead atoms. The van der Waals surface area contributed by atoms with Gasteiger partial charge in [-0.3, -0.25) is 0 Å². The molecule has 0 aliphatic rings. The number of rotatable bonds is 6. The highest BCUT2D eigenvalue weighted by molar-refractivity contribution is 7.99. The van der Waals surface area contributed by atoms with Crippen LogP contribution in [0.1, 0.15) is 25.5 Å². The van der Waals surface area contributed by atoms with E-state index in [0.29, 0.717) is 16.7 Å². The highest BCUT2D eigenvalue weighted by Gasteiger charge is 2.09. The third kappa shape index (κ3) is 4.78. The van der Waals surface area contributed by atoms with Crippen LogP contribution in [0.15, 0.2) is 18.2 Å². The van der Waals surface area contributed by atoms with Gasteiger partial charge in [0.2, 0.25) is 0 Å². The molecule has 0 aromatic heterocycles. The summed E-state index contributed by atoms with van der Waals surface area (Å²) in [4.78, 5) is 0. The van der Waals surface area contributed by atoms with Crippen molar-refractivity contribution in [2.45, 2.75) is 19.9 Å². The number of hydrogen-bond donors (Lipinski definition) is 1. The van der Waals surface area contributed by atoms with Crippen molar-refractivity contribution in [3.63, 3.8) is 0 Å². The summed E-state index contributed by atoms with van der Waals surface area (Å²) in [5.74, 6) is 3.45. The predicted octanol–water partition coefficient (Wildman–Crippen LogP) is 3.74. The molecule has 4 heteroatoms. The van der Waals surface area contributed by atoms with Gasteiger partial charge in [-0.05, 0) is 29.4 Å². The lowest BCUT2D eigenvalue weighted by molar-refractivity contribution is 0.414. The SMILES string of the molecule is COc1cc(C(N)CSCC(C)C)ccc1Cl. The van der Waals surface area contributed by atoms with Crippen LogP contribution in [0.5, 0.6) is 5.75 Å². The highest BCUT2D eigenvalue weighted by atomic mass is 35.5. The first-order valence-electron chi connectivity index (χ1n) is 5.71. The Balaban J connectivity index is 2.59. The van der Waals surface area contributed by atoms with Crippen molar-refractivity contribution < 1.29 is 4.74 Å². The van der Waals surface area contributed by atoms with Crippen LogP contribution in [-0.4, -0.2) is 18.6 Å². The molecule has 2 N–H and O–H groups in total. The first kappa shape index (κ1) is 14.7. The Bertz CT molecular complexity index is 357. The van der Waals surface area contributed by atoms with Crippen molar-refractivity contribution in [1.82, 2.24) is 0 Å². The average Bonchev–Trinajstić information content (AvgIpc) is 2.29. The topological polar surface area (TPSA) is 35.2 Å². The molecule has 0 aliphatic heterocycles. The Labute approximate surface area is 113 Å². The zero-order valence-electron chi connectivity index (χ0n) is 10.6. The summed E-state index contributed by atoms with van der Waals surface area (Å²) in [5.41, 5.74) is 7.21. The van der Waals surface area contributed by atoms with Gasteiger partial charge in [-0.25, -0.2) is 0 Å². The molecule has 1 aromatic carbocycles. The van der Waals surface area contributed by atoms with E-state index < -0.39 is 0 Å². The molecule has 0 saturated heterocycles. The predicted molar refractivity (Wildman–Crippen MR) is 77.1 cm³/mol. The van der Waals surface area contributed by atoms with Crippen LogP contribution in [0.4, 0.5) is 0 Å². The van der Waals surface area contributed by atoms with Gasteiger partial charge < -0.3 is 10.5 Å². The first-order chi connectivity index (χ1) is 8.04. The highest BCUT2D eigenvalue weighted by Crippen LogP contribution is 2.28. The van der Waals surface area contributed by atoms with Crippen molar-refractivity contribution in [3.05, 3.63) is 28.8 Å². The van der Waals surface area contributed by atoms with Crippen LogP contribution in [0.25, 0.3) is 0 Å². The maximum Gasteiger partial charge on any atom is 0.137 e. The molecule has 17 heavy (non-hydrogen) atoms. The molecule has 96 valence electrons. The summed E-state index contributed by atoms with van der Waals surface area (Å²) in [6.07, 6.45) is 0. The quantitative estimate of drug-likeness (QED) is 0.858. The minimum absolute atomic E-state index is 0.0323. The second kappa shape index (κ2) is 7.14. The third-order valence-corrected chi connectivity index (χ3v) is 4.16. The van der Waals surface area contributed by atoms with E-state index in [9.17, 15) is 0 Å². The lowest BCUT2D eigenvalue weighted by atomic mass is 10.1. The van der Waals surface area contributed by atoms with Gasteiger partial charge in [0, 0.05) is 11.8 Å². The molecule has 2 nitrogen and oxygen atoms in total. The second-order valence-corrected chi connectivity index (χ2v) is 5.91. The van der Waals surface area contributed by atoms with E-state index in [1.165, 1.54) is 0 Å². The van der Waals surface area contributed by atoms with Crippen LogP contribution in [-0.2, 0) is 0 Å². The Morgan fingerprint density at radius 3 is 2.65 bits per heavy atom. The first-order valence-corrected chi connectivity index (χ1v) is 7.24. The number of benzene rings is 1. The Morgan fingerprint density at radius 2 is 2.06 bits per heavy atom. The van der Waals surface area contributed by atoms with Crippen molar-refractivity contribution in [1.29, 1.82) is 0 Å². The smallest absolute Gasteiger partial charge is 0.137 e. The Morgan fingerprint density at radius 1 is 1.35 bits per heavy atom. The second-order valence-electron chi connectivity index (χ2n) is 4.43. The minimum Gasteiger partial charge on any atom is -0.495 e. The number of halogens is 1. The van der Waals surface area contributed by atoms with Gasteiger partial charge in [0.05, 0.1) is 12.1 Å². The molecule has 1 atom stereocenters. The standard InChI is InChI=1S/C13H20ClNOS/c1-9(2)7-17-8-12(15)10-4-5-11(14)13(6-10)16-3/h4-6,9,12H,7-8,15H2,1-3H3. The molecule has 0 fully saturated rings. The minimum atomic E-state index is 0.0323. The molecule has 1 unspecified atom stereocenters. The number of methoxy groups -OCH3 is 1. The zero-order valence-corrected chi connectivity index (χ0v) is 12.1. The van der Waals surface area contributed by atoms with Gasteiger partial charge >= 0.3 is 0 Å². The zero-order chi connectivity index (χ0) is 12.8. The van der Waals surface area contributed by atoms with E-state index in [1.807, 2.05) is 30.0 Å². The molecule has 0 amide bonds. The molecule has 0 heterocycles. The van der Waals surface area contributed by atoms with Crippen LogP contribution in [0, 0.1) is 5.92 Å². The van der Waals surface area contributed by atoms with Crippen molar-refractivity contribution in [3.8, 4) is 5.75 Å². The third-order valence-electron chi connectivity index (χ3n) is 2.35. The van der Waals surface area contributed by atoms with E-state index in [0.717, 1.165) is 17.1 Å². The molecule has 0 spiro atoms. The lowest BCUT2D eigenvalue weighted by Crippen LogP contribution is -2.14. The largest absolute Gasteiger partial charge is 0.495 e. The number of hydrogen-bond acceptors (Lipinski definition) is 3. The van der Waals surface area contributed by atoms with Crippen LogP contribution < -0.4 is 10.5 Å². The van der Waals surface area contributed by atoms with Gasteiger partial charge in [0.15, 0.2) is 0 Å². The molecule has 0 radical (unpaired) electrons. The summed E-state index contributed by atoms with van der Waals surface area (Å²) in [6.45, 7) is 4.42. The van der Waals surface area contributed by atoms with E-state index in [-0.39, 0.29) is 6.04 Å². The van der Waals surface area contributed by atoms with Crippen LogP contribution in [0.3, 0.4) is 0 Å². The summed E-state index contributed by atoms with van der Waals surface area (Å²) in [5, 5.41) is 0.623. The monoisotopic (exact) mass is 273 g/mol. The maximum atomic E-state index is 6.14. The van der Waals surface area contributed by atoms with E-state index in [2.05, 4.69) is 13.8 Å². The van der Waals surface area contributed by atoms with Crippen molar-refractivity contribution in [2.24, 2.45) is 11.7 Å².